The van der Waals surface area contributed by atoms with Crippen molar-refractivity contribution in [1.29, 1.82) is 0 Å². The Hall–Kier alpha value is -1.78. The van der Waals surface area contributed by atoms with E-state index in [2.05, 4.69) is 4.98 Å². The molecule has 0 spiro atoms. The number of carbonyl (C=O) groups is 1. The molecule has 0 amide bonds. The van der Waals surface area contributed by atoms with Crippen molar-refractivity contribution in [2.75, 3.05) is 5.73 Å². The van der Waals surface area contributed by atoms with Crippen LogP contribution in [0, 0.1) is 0 Å². The Labute approximate surface area is 119 Å². The van der Waals surface area contributed by atoms with Crippen molar-refractivity contribution in [2.24, 2.45) is 0 Å². The highest BCUT2D eigenvalue weighted by molar-refractivity contribution is 6.35. The van der Waals surface area contributed by atoms with E-state index in [-0.39, 0.29) is 6.42 Å². The molecular formula is C13H10Cl2N2O2. The number of aromatic nitrogens is 1. The lowest BCUT2D eigenvalue weighted by Gasteiger charge is -2.10. The Morgan fingerprint density at radius 1 is 1.32 bits per heavy atom. The molecule has 1 aromatic carbocycles. The summed E-state index contributed by atoms with van der Waals surface area (Å²) < 4.78 is 0. The van der Waals surface area contributed by atoms with Gasteiger partial charge in [0.25, 0.3) is 0 Å². The van der Waals surface area contributed by atoms with Crippen LogP contribution in [0.15, 0.2) is 30.5 Å². The van der Waals surface area contributed by atoms with Crippen LogP contribution in [0.1, 0.15) is 5.56 Å². The van der Waals surface area contributed by atoms with E-state index in [9.17, 15) is 4.79 Å². The van der Waals surface area contributed by atoms with Gasteiger partial charge in [-0.05, 0) is 29.8 Å². The molecule has 0 saturated carbocycles. The number of rotatable bonds is 3. The minimum Gasteiger partial charge on any atom is -0.481 e. The third-order valence-electron chi connectivity index (χ3n) is 2.61. The molecule has 1 aromatic heterocycles. The lowest BCUT2D eigenvalue weighted by atomic mass is 10.0. The predicted molar refractivity (Wildman–Crippen MR) is 75.4 cm³/mol. The maximum Gasteiger partial charge on any atom is 0.307 e. The molecule has 0 aliphatic heterocycles. The molecule has 1 heterocycles. The molecule has 0 aliphatic rings. The zero-order valence-corrected chi connectivity index (χ0v) is 11.2. The largest absolute Gasteiger partial charge is 0.481 e. The van der Waals surface area contributed by atoms with Gasteiger partial charge in [0.1, 0.15) is 0 Å². The predicted octanol–water partition coefficient (Wildman–Crippen LogP) is 3.26. The zero-order valence-electron chi connectivity index (χ0n) is 9.73. The van der Waals surface area contributed by atoms with E-state index in [1.807, 2.05) is 0 Å². The van der Waals surface area contributed by atoms with Crippen LogP contribution in [0.4, 0.5) is 5.69 Å². The maximum absolute atomic E-state index is 10.8. The first-order valence-corrected chi connectivity index (χ1v) is 6.15. The number of hydrogen-bond acceptors (Lipinski definition) is 3. The van der Waals surface area contributed by atoms with E-state index in [0.29, 0.717) is 32.6 Å². The van der Waals surface area contributed by atoms with Gasteiger partial charge in [0.15, 0.2) is 0 Å². The highest BCUT2D eigenvalue weighted by Crippen LogP contribution is 2.33. The first-order valence-electron chi connectivity index (χ1n) is 5.39. The summed E-state index contributed by atoms with van der Waals surface area (Å²) in [5.74, 6) is -0.957. The number of carboxylic acid groups (broad SMARTS) is 1. The molecule has 6 heteroatoms. The molecule has 3 N–H and O–H groups in total. The van der Waals surface area contributed by atoms with E-state index < -0.39 is 5.97 Å². The van der Waals surface area contributed by atoms with Gasteiger partial charge in [0.2, 0.25) is 0 Å². The third kappa shape index (κ3) is 2.97. The van der Waals surface area contributed by atoms with E-state index in [1.54, 1.807) is 24.3 Å². The van der Waals surface area contributed by atoms with E-state index in [4.69, 9.17) is 34.0 Å². The van der Waals surface area contributed by atoms with Gasteiger partial charge in [-0.25, -0.2) is 0 Å². The molecule has 19 heavy (non-hydrogen) atoms. The number of nitrogens with zero attached hydrogens (tertiary/aromatic N) is 1. The summed E-state index contributed by atoms with van der Waals surface area (Å²) in [6.07, 6.45) is 1.33. The molecular weight excluding hydrogens is 287 g/mol. The molecule has 0 aliphatic carbocycles. The Morgan fingerprint density at radius 2 is 2.05 bits per heavy atom. The van der Waals surface area contributed by atoms with Gasteiger partial charge >= 0.3 is 5.97 Å². The third-order valence-corrected chi connectivity index (χ3v) is 3.17. The Bertz CT molecular complexity index is 645. The number of carboxylic acids is 1. The molecule has 0 atom stereocenters. The highest BCUT2D eigenvalue weighted by Gasteiger charge is 2.13. The van der Waals surface area contributed by atoms with Crippen LogP contribution in [0.5, 0.6) is 0 Å². The number of benzene rings is 1. The Balaban J connectivity index is 2.56. The van der Waals surface area contributed by atoms with Gasteiger partial charge in [0, 0.05) is 16.8 Å². The lowest BCUT2D eigenvalue weighted by molar-refractivity contribution is -0.136. The first kappa shape index (κ1) is 13.6. The Kier molecular flexibility index (Phi) is 3.93. The van der Waals surface area contributed by atoms with Gasteiger partial charge in [-0.3, -0.25) is 9.78 Å². The minimum absolute atomic E-state index is 0.167. The standard InChI is InChI=1S/C13H10Cl2N2O2/c14-8-1-2-10(15)9(6-8)13-12(16)7(3-4-17-13)5-11(18)19/h1-4,6H,5,16H2,(H,18,19). The fraction of sp³-hybridized carbons (Fsp3) is 0.0769. The lowest BCUT2D eigenvalue weighted by Crippen LogP contribution is -2.05. The van der Waals surface area contributed by atoms with Crippen molar-refractivity contribution < 1.29 is 9.90 Å². The number of pyridine rings is 1. The summed E-state index contributed by atoms with van der Waals surface area (Å²) >= 11 is 12.0. The number of anilines is 1. The second-order valence-corrected chi connectivity index (χ2v) is 4.77. The quantitative estimate of drug-likeness (QED) is 0.911. The molecule has 4 nitrogen and oxygen atoms in total. The average Bonchev–Trinajstić information content (AvgIpc) is 2.35. The normalized spacial score (nSPS) is 10.4. The van der Waals surface area contributed by atoms with Gasteiger partial charge in [0.05, 0.1) is 22.8 Å². The maximum atomic E-state index is 10.8. The van der Waals surface area contributed by atoms with E-state index in [0.717, 1.165) is 0 Å². The van der Waals surface area contributed by atoms with Gasteiger partial charge < -0.3 is 10.8 Å². The summed E-state index contributed by atoms with van der Waals surface area (Å²) in [6.45, 7) is 0. The Morgan fingerprint density at radius 3 is 2.74 bits per heavy atom. The van der Waals surface area contributed by atoms with Crippen molar-refractivity contribution >= 4 is 34.9 Å². The number of aliphatic carboxylic acids is 1. The number of nitrogen functional groups attached to an aromatic ring is 1. The first-order chi connectivity index (χ1) is 8.99. The summed E-state index contributed by atoms with van der Waals surface area (Å²) in [5.41, 5.74) is 7.77. The van der Waals surface area contributed by atoms with Gasteiger partial charge in [-0.15, -0.1) is 0 Å². The van der Waals surface area contributed by atoms with Crippen molar-refractivity contribution in [3.8, 4) is 11.3 Å². The van der Waals surface area contributed by atoms with Crippen LogP contribution in [0.25, 0.3) is 11.3 Å². The average molecular weight is 297 g/mol. The summed E-state index contributed by atoms with van der Waals surface area (Å²) in [7, 11) is 0. The highest BCUT2D eigenvalue weighted by atomic mass is 35.5. The molecule has 0 bridgehead atoms. The smallest absolute Gasteiger partial charge is 0.307 e. The van der Waals surface area contributed by atoms with Crippen LogP contribution in [0.3, 0.4) is 0 Å². The summed E-state index contributed by atoms with van der Waals surface area (Å²) in [6, 6.07) is 6.52. The van der Waals surface area contributed by atoms with Gasteiger partial charge in [-0.1, -0.05) is 23.2 Å². The number of hydrogen-bond donors (Lipinski definition) is 2. The van der Waals surface area contributed by atoms with Crippen molar-refractivity contribution in [1.82, 2.24) is 4.98 Å². The number of nitrogens with two attached hydrogens (primary N) is 1. The second-order valence-electron chi connectivity index (χ2n) is 3.93. The molecule has 2 aromatic rings. The minimum atomic E-state index is -0.957. The van der Waals surface area contributed by atoms with Crippen LogP contribution in [-0.2, 0) is 11.2 Å². The topological polar surface area (TPSA) is 76.2 Å². The molecule has 0 fully saturated rings. The van der Waals surface area contributed by atoms with E-state index in [1.165, 1.54) is 6.20 Å². The fourth-order valence-electron chi connectivity index (χ4n) is 1.72. The fourth-order valence-corrected chi connectivity index (χ4v) is 2.10. The summed E-state index contributed by atoms with van der Waals surface area (Å²) in [5, 5.41) is 9.79. The van der Waals surface area contributed by atoms with Crippen LogP contribution < -0.4 is 5.73 Å². The SMILES string of the molecule is Nc1c(CC(=O)O)ccnc1-c1cc(Cl)ccc1Cl. The molecule has 2 rings (SSSR count). The van der Waals surface area contributed by atoms with Crippen molar-refractivity contribution in [3.63, 3.8) is 0 Å². The van der Waals surface area contributed by atoms with Crippen LogP contribution in [-0.4, -0.2) is 16.1 Å². The molecule has 0 saturated heterocycles. The molecule has 0 unspecified atom stereocenters. The van der Waals surface area contributed by atoms with E-state index >= 15 is 0 Å². The molecule has 98 valence electrons. The second kappa shape index (κ2) is 5.47. The molecule has 0 radical (unpaired) electrons. The van der Waals surface area contributed by atoms with Crippen molar-refractivity contribution in [3.05, 3.63) is 46.1 Å². The zero-order chi connectivity index (χ0) is 14.0. The van der Waals surface area contributed by atoms with Crippen molar-refractivity contribution in [2.45, 2.75) is 6.42 Å². The summed E-state index contributed by atoms with van der Waals surface area (Å²) in [4.78, 5) is 14.9. The van der Waals surface area contributed by atoms with Crippen LogP contribution >= 0.6 is 23.2 Å². The number of halogens is 2. The monoisotopic (exact) mass is 296 g/mol. The van der Waals surface area contributed by atoms with Crippen LogP contribution in [0.2, 0.25) is 10.0 Å². The van der Waals surface area contributed by atoms with Gasteiger partial charge in [-0.2, -0.15) is 0 Å².